The maximum atomic E-state index is 13.2. The van der Waals surface area contributed by atoms with Gasteiger partial charge in [-0.2, -0.15) is 0 Å². The second-order valence-corrected chi connectivity index (χ2v) is 3.12. The first-order chi connectivity index (χ1) is 7.22. The van der Waals surface area contributed by atoms with Gasteiger partial charge >= 0.3 is 5.97 Å². The average molecular weight is 208 g/mol. The third kappa shape index (κ3) is 1.70. The summed E-state index contributed by atoms with van der Waals surface area (Å²) in [6.45, 7) is 0. The van der Waals surface area contributed by atoms with Gasteiger partial charge in [-0.15, -0.1) is 0 Å². The van der Waals surface area contributed by atoms with Crippen molar-refractivity contribution in [1.29, 1.82) is 0 Å². The first-order valence-corrected chi connectivity index (χ1v) is 4.44. The first kappa shape index (κ1) is 9.71. The van der Waals surface area contributed by atoms with Gasteiger partial charge in [0.05, 0.1) is 25.2 Å². The Morgan fingerprint density at radius 3 is 3.00 bits per heavy atom. The highest BCUT2D eigenvalue weighted by Crippen LogP contribution is 2.23. The summed E-state index contributed by atoms with van der Waals surface area (Å²) < 4.78 is 22.9. The lowest BCUT2D eigenvalue weighted by Gasteiger charge is -2.01. The van der Waals surface area contributed by atoms with Gasteiger partial charge in [0.15, 0.2) is 0 Å². The molecule has 2 aromatic rings. The van der Waals surface area contributed by atoms with Gasteiger partial charge < -0.3 is 9.15 Å². The zero-order valence-electron chi connectivity index (χ0n) is 8.12. The number of methoxy groups -OCH3 is 1. The van der Waals surface area contributed by atoms with E-state index in [2.05, 4.69) is 4.74 Å². The van der Waals surface area contributed by atoms with Gasteiger partial charge in [0.2, 0.25) is 0 Å². The van der Waals surface area contributed by atoms with E-state index in [0.717, 1.165) is 0 Å². The van der Waals surface area contributed by atoms with Crippen LogP contribution in [0.1, 0.15) is 5.56 Å². The topological polar surface area (TPSA) is 39.4 Å². The Bertz CT molecular complexity index is 502. The SMILES string of the molecule is COC(=O)Cc1ccc(F)c2ccoc12. The molecular weight excluding hydrogens is 199 g/mol. The largest absolute Gasteiger partial charge is 0.469 e. The van der Waals surface area contributed by atoms with Gasteiger partial charge in [0.1, 0.15) is 11.4 Å². The molecule has 0 aliphatic heterocycles. The van der Waals surface area contributed by atoms with Crippen LogP contribution in [-0.2, 0) is 16.0 Å². The quantitative estimate of drug-likeness (QED) is 0.711. The minimum Gasteiger partial charge on any atom is -0.469 e. The van der Waals surface area contributed by atoms with Crippen molar-refractivity contribution in [3.63, 3.8) is 0 Å². The predicted molar refractivity (Wildman–Crippen MR) is 51.9 cm³/mol. The Morgan fingerprint density at radius 2 is 2.27 bits per heavy atom. The Morgan fingerprint density at radius 1 is 1.47 bits per heavy atom. The minimum absolute atomic E-state index is 0.0841. The van der Waals surface area contributed by atoms with Crippen LogP contribution in [0.2, 0.25) is 0 Å². The van der Waals surface area contributed by atoms with Gasteiger partial charge in [-0.3, -0.25) is 4.79 Å². The molecule has 1 aromatic carbocycles. The standard InChI is InChI=1S/C11H9FO3/c1-14-10(13)6-7-2-3-9(12)8-4-5-15-11(7)8/h2-5H,6H2,1H3. The minimum atomic E-state index is -0.376. The van der Waals surface area contributed by atoms with Crippen LogP contribution >= 0.6 is 0 Å². The van der Waals surface area contributed by atoms with E-state index in [1.165, 1.54) is 31.6 Å². The van der Waals surface area contributed by atoms with Gasteiger partial charge in [0, 0.05) is 5.56 Å². The summed E-state index contributed by atoms with van der Waals surface area (Å²) in [5.41, 5.74) is 1.03. The third-order valence-corrected chi connectivity index (χ3v) is 2.21. The molecule has 0 N–H and O–H groups in total. The molecule has 0 saturated heterocycles. The highest BCUT2D eigenvalue weighted by molar-refractivity contribution is 5.85. The van der Waals surface area contributed by atoms with E-state index < -0.39 is 0 Å². The van der Waals surface area contributed by atoms with Crippen molar-refractivity contribution in [3.05, 3.63) is 35.8 Å². The number of carbonyl (C=O) groups is 1. The van der Waals surface area contributed by atoms with E-state index in [1.807, 2.05) is 0 Å². The molecule has 0 spiro atoms. The summed E-state index contributed by atoms with van der Waals surface area (Å²) in [5, 5.41) is 0.386. The van der Waals surface area contributed by atoms with Crippen molar-refractivity contribution in [2.24, 2.45) is 0 Å². The molecule has 1 aromatic heterocycles. The molecule has 0 bridgehead atoms. The fraction of sp³-hybridized carbons (Fsp3) is 0.182. The van der Waals surface area contributed by atoms with Gasteiger partial charge in [-0.1, -0.05) is 6.07 Å². The monoisotopic (exact) mass is 208 g/mol. The summed E-state index contributed by atoms with van der Waals surface area (Å²) in [4.78, 5) is 11.1. The number of ether oxygens (including phenoxy) is 1. The second kappa shape index (κ2) is 3.73. The fourth-order valence-electron chi connectivity index (χ4n) is 1.45. The Kier molecular flexibility index (Phi) is 2.41. The number of benzene rings is 1. The number of carbonyl (C=O) groups excluding carboxylic acids is 1. The van der Waals surface area contributed by atoms with Gasteiger partial charge in [-0.05, 0) is 12.1 Å². The lowest BCUT2D eigenvalue weighted by Crippen LogP contribution is -2.04. The molecule has 0 aliphatic rings. The van der Waals surface area contributed by atoms with Crippen molar-refractivity contribution in [2.45, 2.75) is 6.42 Å². The highest BCUT2D eigenvalue weighted by Gasteiger charge is 2.12. The van der Waals surface area contributed by atoms with E-state index >= 15 is 0 Å². The molecule has 0 aliphatic carbocycles. The normalized spacial score (nSPS) is 10.5. The fourth-order valence-corrected chi connectivity index (χ4v) is 1.45. The van der Waals surface area contributed by atoms with Crippen molar-refractivity contribution in [3.8, 4) is 0 Å². The molecule has 0 amide bonds. The summed E-state index contributed by atoms with van der Waals surface area (Å²) >= 11 is 0. The molecule has 0 radical (unpaired) electrons. The van der Waals surface area contributed by atoms with Crippen molar-refractivity contribution < 1.29 is 18.3 Å². The number of halogens is 1. The van der Waals surface area contributed by atoms with Crippen LogP contribution < -0.4 is 0 Å². The highest BCUT2D eigenvalue weighted by atomic mass is 19.1. The predicted octanol–water partition coefficient (Wildman–Crippen LogP) is 2.29. The number of rotatable bonds is 2. The molecule has 78 valence electrons. The summed E-state index contributed by atoms with van der Waals surface area (Å²) in [6, 6.07) is 4.37. The molecule has 0 atom stereocenters. The zero-order valence-corrected chi connectivity index (χ0v) is 8.12. The molecule has 0 saturated carbocycles. The number of furan rings is 1. The van der Waals surface area contributed by atoms with Crippen molar-refractivity contribution in [2.75, 3.05) is 7.11 Å². The first-order valence-electron chi connectivity index (χ1n) is 4.44. The van der Waals surface area contributed by atoms with Crippen LogP contribution in [0.4, 0.5) is 4.39 Å². The molecule has 1 heterocycles. The van der Waals surface area contributed by atoms with E-state index in [0.29, 0.717) is 16.5 Å². The average Bonchev–Trinajstić information content (AvgIpc) is 2.71. The van der Waals surface area contributed by atoms with E-state index in [9.17, 15) is 9.18 Å². The molecule has 2 rings (SSSR count). The van der Waals surface area contributed by atoms with Crippen LogP contribution in [-0.4, -0.2) is 13.1 Å². The van der Waals surface area contributed by atoms with Crippen LogP contribution in [0.5, 0.6) is 0 Å². The molecule has 0 unspecified atom stereocenters. The maximum Gasteiger partial charge on any atom is 0.310 e. The van der Waals surface area contributed by atoms with Crippen LogP contribution in [0.25, 0.3) is 11.0 Å². The second-order valence-electron chi connectivity index (χ2n) is 3.12. The molecule has 4 heteroatoms. The van der Waals surface area contributed by atoms with E-state index in [1.54, 1.807) is 0 Å². The number of fused-ring (bicyclic) bond motifs is 1. The molecule has 3 nitrogen and oxygen atoms in total. The Balaban J connectivity index is 2.48. The van der Waals surface area contributed by atoms with Gasteiger partial charge in [0.25, 0.3) is 0 Å². The molecule has 0 fully saturated rings. The zero-order chi connectivity index (χ0) is 10.8. The van der Waals surface area contributed by atoms with Crippen molar-refractivity contribution >= 4 is 16.9 Å². The van der Waals surface area contributed by atoms with Crippen molar-refractivity contribution in [1.82, 2.24) is 0 Å². The van der Waals surface area contributed by atoms with E-state index in [4.69, 9.17) is 4.42 Å². The summed E-state index contributed by atoms with van der Waals surface area (Å²) in [5.74, 6) is -0.730. The lowest BCUT2D eigenvalue weighted by molar-refractivity contribution is -0.139. The molecule has 15 heavy (non-hydrogen) atoms. The smallest absolute Gasteiger partial charge is 0.310 e. The van der Waals surface area contributed by atoms with Crippen LogP contribution in [0.15, 0.2) is 28.9 Å². The lowest BCUT2D eigenvalue weighted by atomic mass is 10.1. The Labute approximate surface area is 85.4 Å². The van der Waals surface area contributed by atoms with Crippen LogP contribution in [0.3, 0.4) is 0 Å². The Hall–Kier alpha value is -1.84. The van der Waals surface area contributed by atoms with Crippen LogP contribution in [0, 0.1) is 5.82 Å². The van der Waals surface area contributed by atoms with Gasteiger partial charge in [-0.25, -0.2) is 4.39 Å². The molecular formula is C11H9FO3. The third-order valence-electron chi connectivity index (χ3n) is 2.21. The van der Waals surface area contributed by atoms with E-state index in [-0.39, 0.29) is 18.2 Å². The summed E-state index contributed by atoms with van der Waals surface area (Å²) in [6.07, 6.45) is 1.48. The maximum absolute atomic E-state index is 13.2. The summed E-state index contributed by atoms with van der Waals surface area (Å²) in [7, 11) is 1.31. The number of esters is 1. The number of hydrogen-bond acceptors (Lipinski definition) is 3. The number of hydrogen-bond donors (Lipinski definition) is 0.